The lowest BCUT2D eigenvalue weighted by molar-refractivity contribution is -0.132. The third-order valence-electron chi connectivity index (χ3n) is 4.72. The Kier molecular flexibility index (Phi) is 5.04. The predicted molar refractivity (Wildman–Crippen MR) is 109 cm³/mol. The highest BCUT2D eigenvalue weighted by Gasteiger charge is 2.48. The number of nitrogens with zero attached hydrogens (tertiary/aromatic N) is 3. The van der Waals surface area contributed by atoms with Crippen LogP contribution in [0.25, 0.3) is 5.76 Å². The molecule has 30 heavy (non-hydrogen) atoms. The highest BCUT2D eigenvalue weighted by molar-refractivity contribution is 7.15. The second-order valence-electron chi connectivity index (χ2n) is 6.55. The zero-order valence-electron chi connectivity index (χ0n) is 16.0. The molecule has 1 fully saturated rings. The Bertz CT molecular complexity index is 1160. The van der Waals surface area contributed by atoms with Gasteiger partial charge in [0.25, 0.3) is 5.78 Å². The topological polar surface area (TPSA) is 92.6 Å². The molecular weight excluding hydrogens is 409 g/mol. The average Bonchev–Trinajstić information content (AvgIpc) is 3.29. The second-order valence-corrected chi connectivity index (χ2v) is 7.71. The van der Waals surface area contributed by atoms with Gasteiger partial charge in [-0.05, 0) is 48.9 Å². The van der Waals surface area contributed by atoms with Crippen LogP contribution in [0.3, 0.4) is 0 Å². The molecule has 1 aromatic heterocycles. The van der Waals surface area contributed by atoms with Crippen LogP contribution >= 0.6 is 11.3 Å². The van der Waals surface area contributed by atoms with Gasteiger partial charge in [-0.1, -0.05) is 23.5 Å². The molecule has 1 aliphatic heterocycles. The first kappa shape index (κ1) is 19.7. The molecule has 4 rings (SSSR count). The van der Waals surface area contributed by atoms with E-state index in [1.54, 1.807) is 31.2 Å². The molecule has 1 atom stereocenters. The van der Waals surface area contributed by atoms with Gasteiger partial charge in [0.05, 0.1) is 18.7 Å². The van der Waals surface area contributed by atoms with Crippen LogP contribution in [-0.4, -0.2) is 34.1 Å². The molecule has 9 heteroatoms. The Morgan fingerprint density at radius 3 is 2.33 bits per heavy atom. The highest BCUT2D eigenvalue weighted by Crippen LogP contribution is 2.43. The molecule has 0 bridgehead atoms. The van der Waals surface area contributed by atoms with Crippen molar-refractivity contribution >= 4 is 33.9 Å². The summed E-state index contributed by atoms with van der Waals surface area (Å²) in [6, 6.07) is 10.9. The second kappa shape index (κ2) is 7.68. The Balaban J connectivity index is 1.92. The number of amides is 1. The number of aliphatic hydroxyl groups is 1. The minimum atomic E-state index is -0.923. The fraction of sp³-hybridized carbons (Fsp3) is 0.143. The molecule has 1 unspecified atom stereocenters. The molecule has 0 saturated carbocycles. The molecule has 0 spiro atoms. The number of hydrogen-bond acceptors (Lipinski definition) is 7. The van der Waals surface area contributed by atoms with Gasteiger partial charge in [0.1, 0.15) is 22.3 Å². The fourth-order valence-corrected chi connectivity index (χ4v) is 3.99. The smallest absolute Gasteiger partial charge is 0.301 e. The van der Waals surface area contributed by atoms with Crippen LogP contribution in [0.1, 0.15) is 22.2 Å². The lowest BCUT2D eigenvalue weighted by Crippen LogP contribution is -2.29. The zero-order valence-corrected chi connectivity index (χ0v) is 16.8. The van der Waals surface area contributed by atoms with E-state index in [1.165, 1.54) is 36.3 Å². The van der Waals surface area contributed by atoms with Crippen LogP contribution in [-0.2, 0) is 9.59 Å². The number of Topliss-reactive ketones (excluding diaryl/α,β-unsaturated/α-hetero) is 1. The van der Waals surface area contributed by atoms with E-state index in [0.29, 0.717) is 16.3 Å². The van der Waals surface area contributed by atoms with E-state index in [0.717, 1.165) is 11.3 Å². The lowest BCUT2D eigenvalue weighted by Gasteiger charge is -2.22. The molecule has 2 heterocycles. The monoisotopic (exact) mass is 425 g/mol. The molecule has 1 N–H and O–H groups in total. The Morgan fingerprint density at radius 1 is 1.10 bits per heavy atom. The minimum Gasteiger partial charge on any atom is -0.507 e. The summed E-state index contributed by atoms with van der Waals surface area (Å²) in [6.07, 6.45) is 0. The summed E-state index contributed by atoms with van der Waals surface area (Å²) in [5, 5.41) is 19.7. The summed E-state index contributed by atoms with van der Waals surface area (Å²) in [4.78, 5) is 27.1. The molecule has 3 aromatic rings. The summed E-state index contributed by atoms with van der Waals surface area (Å²) in [7, 11) is 1.53. The van der Waals surface area contributed by atoms with Gasteiger partial charge >= 0.3 is 5.91 Å². The number of aliphatic hydroxyl groups excluding tert-OH is 1. The molecule has 152 valence electrons. The number of carbonyl (C=O) groups excluding carboxylic acids is 2. The SMILES string of the molecule is COc1ccc(C2/C(=C(\O)c3ccc(F)cc3)C(=O)C(=O)N2c2nnc(C)s2)cc1. The third-order valence-corrected chi connectivity index (χ3v) is 5.55. The van der Waals surface area contributed by atoms with E-state index in [4.69, 9.17) is 4.74 Å². The van der Waals surface area contributed by atoms with E-state index in [1.807, 2.05) is 0 Å². The van der Waals surface area contributed by atoms with E-state index in [-0.39, 0.29) is 16.3 Å². The molecule has 1 amide bonds. The number of anilines is 1. The fourth-order valence-electron chi connectivity index (χ4n) is 3.28. The van der Waals surface area contributed by atoms with E-state index in [2.05, 4.69) is 10.2 Å². The number of halogens is 1. The van der Waals surface area contributed by atoms with E-state index < -0.39 is 29.3 Å². The number of ether oxygens (including phenoxy) is 1. The minimum absolute atomic E-state index is 0.107. The van der Waals surface area contributed by atoms with Gasteiger partial charge < -0.3 is 9.84 Å². The maximum absolute atomic E-state index is 13.3. The van der Waals surface area contributed by atoms with Crippen LogP contribution < -0.4 is 9.64 Å². The molecule has 7 nitrogen and oxygen atoms in total. The summed E-state index contributed by atoms with van der Waals surface area (Å²) in [5.41, 5.74) is 0.692. The van der Waals surface area contributed by atoms with Gasteiger partial charge in [-0.3, -0.25) is 14.5 Å². The van der Waals surface area contributed by atoms with Crippen LogP contribution in [0.2, 0.25) is 0 Å². The van der Waals surface area contributed by atoms with Gasteiger partial charge in [0, 0.05) is 5.56 Å². The molecule has 1 aliphatic rings. The Labute approximate surface area is 175 Å². The van der Waals surface area contributed by atoms with Crippen molar-refractivity contribution in [2.75, 3.05) is 12.0 Å². The number of aromatic nitrogens is 2. The Morgan fingerprint density at radius 2 is 1.77 bits per heavy atom. The number of benzene rings is 2. The first-order valence-corrected chi connectivity index (χ1v) is 9.73. The summed E-state index contributed by atoms with van der Waals surface area (Å²) in [6.45, 7) is 1.73. The third kappa shape index (κ3) is 3.33. The quantitative estimate of drug-likeness (QED) is 0.390. The van der Waals surface area contributed by atoms with Crippen molar-refractivity contribution in [2.45, 2.75) is 13.0 Å². The van der Waals surface area contributed by atoms with Crippen molar-refractivity contribution in [2.24, 2.45) is 0 Å². The van der Waals surface area contributed by atoms with Gasteiger partial charge in [0.2, 0.25) is 5.13 Å². The zero-order chi connectivity index (χ0) is 21.4. The summed E-state index contributed by atoms with van der Waals surface area (Å²) < 4.78 is 18.5. The largest absolute Gasteiger partial charge is 0.507 e. The standard InChI is InChI=1S/C21H16FN3O4S/c1-11-23-24-21(30-11)25-17(12-5-9-15(29-2)10-6-12)16(19(27)20(25)28)18(26)13-3-7-14(22)8-4-13/h3-10,17,26H,1-2H3/b18-16+. The van der Waals surface area contributed by atoms with Gasteiger partial charge in [-0.2, -0.15) is 0 Å². The van der Waals surface area contributed by atoms with Crippen molar-refractivity contribution in [3.8, 4) is 5.75 Å². The predicted octanol–water partition coefficient (Wildman–Crippen LogP) is 3.62. The van der Waals surface area contributed by atoms with Crippen LogP contribution in [0, 0.1) is 12.7 Å². The first-order valence-electron chi connectivity index (χ1n) is 8.91. The van der Waals surface area contributed by atoms with Crippen molar-refractivity contribution < 1.29 is 23.8 Å². The van der Waals surface area contributed by atoms with Gasteiger partial charge in [-0.15, -0.1) is 10.2 Å². The van der Waals surface area contributed by atoms with E-state index in [9.17, 15) is 19.1 Å². The highest BCUT2D eigenvalue weighted by atomic mass is 32.1. The number of carbonyl (C=O) groups is 2. The maximum Gasteiger partial charge on any atom is 0.301 e. The van der Waals surface area contributed by atoms with E-state index >= 15 is 0 Å². The van der Waals surface area contributed by atoms with Crippen LogP contribution in [0.4, 0.5) is 9.52 Å². The summed E-state index contributed by atoms with van der Waals surface area (Å²) >= 11 is 1.16. The van der Waals surface area contributed by atoms with Crippen LogP contribution in [0.5, 0.6) is 5.75 Å². The average molecular weight is 425 g/mol. The number of aryl methyl sites for hydroxylation is 1. The van der Waals surface area contributed by atoms with Gasteiger partial charge in [0.15, 0.2) is 0 Å². The normalized spacial score (nSPS) is 18.1. The molecule has 0 aliphatic carbocycles. The summed E-state index contributed by atoms with van der Waals surface area (Å²) in [5.74, 6) is -1.96. The molecular formula is C21H16FN3O4S. The van der Waals surface area contributed by atoms with Crippen molar-refractivity contribution in [1.29, 1.82) is 0 Å². The number of methoxy groups -OCH3 is 1. The number of ketones is 1. The molecule has 1 saturated heterocycles. The lowest BCUT2D eigenvalue weighted by atomic mass is 9.95. The maximum atomic E-state index is 13.3. The van der Waals surface area contributed by atoms with Gasteiger partial charge in [-0.25, -0.2) is 4.39 Å². The van der Waals surface area contributed by atoms with Crippen LogP contribution in [0.15, 0.2) is 54.1 Å². The van der Waals surface area contributed by atoms with Crippen molar-refractivity contribution in [3.05, 3.63) is 76.1 Å². The van der Waals surface area contributed by atoms with Crippen molar-refractivity contribution in [1.82, 2.24) is 10.2 Å². The number of hydrogen-bond donors (Lipinski definition) is 1. The first-order chi connectivity index (χ1) is 14.4. The molecule has 0 radical (unpaired) electrons. The van der Waals surface area contributed by atoms with Crippen molar-refractivity contribution in [3.63, 3.8) is 0 Å². The molecule has 2 aromatic carbocycles. The number of rotatable bonds is 4. The Hall–Kier alpha value is -3.59.